The van der Waals surface area contributed by atoms with Gasteiger partial charge in [0.05, 0.1) is 6.54 Å². The maximum absolute atomic E-state index is 11.7. The van der Waals surface area contributed by atoms with E-state index in [-0.39, 0.29) is 18.4 Å². The molecular weight excluding hydrogens is 232 g/mol. The Hall–Kier alpha value is -2.63. The predicted octanol–water partition coefficient (Wildman–Crippen LogP) is 0.535. The third kappa shape index (κ3) is 2.73. The van der Waals surface area contributed by atoms with Crippen molar-refractivity contribution in [2.24, 2.45) is 0 Å². The minimum Gasteiger partial charge on any atom is -0.399 e. The molecule has 0 saturated carbocycles. The number of anilines is 1. The summed E-state index contributed by atoms with van der Waals surface area (Å²) >= 11 is 0. The zero-order valence-electron chi connectivity index (χ0n) is 9.54. The normalized spacial score (nSPS) is 10.0. The van der Waals surface area contributed by atoms with Crippen LogP contribution in [0.2, 0.25) is 0 Å². The van der Waals surface area contributed by atoms with Crippen LogP contribution in [0.1, 0.15) is 15.2 Å². The number of nitrogens with zero attached hydrogens (tertiary/aromatic N) is 2. The molecular formula is C12H12N4O2. The van der Waals surface area contributed by atoms with E-state index in [1.165, 1.54) is 17.1 Å². The van der Waals surface area contributed by atoms with Crippen LogP contribution in [0.25, 0.3) is 0 Å². The number of nitrogens with one attached hydrogen (secondary N) is 1. The van der Waals surface area contributed by atoms with Crippen molar-refractivity contribution in [3.05, 3.63) is 48.3 Å². The smallest absolute Gasteiger partial charge is 0.266 e. The predicted molar refractivity (Wildman–Crippen MR) is 66.0 cm³/mol. The van der Waals surface area contributed by atoms with Gasteiger partial charge in [0.15, 0.2) is 0 Å². The number of carbonyl (C=O) groups is 2. The molecule has 0 radical (unpaired) electrons. The summed E-state index contributed by atoms with van der Waals surface area (Å²) < 4.78 is 1.17. The standard InChI is InChI=1S/C12H12N4O2/c13-10-4-2-9(3-5-10)12(18)14-8-11(17)16-7-1-6-15-16/h1-7H,8,13H2,(H,14,18). The molecule has 0 aliphatic carbocycles. The summed E-state index contributed by atoms with van der Waals surface area (Å²) in [5.41, 5.74) is 6.55. The van der Waals surface area contributed by atoms with Gasteiger partial charge in [-0.05, 0) is 30.3 Å². The topological polar surface area (TPSA) is 90.0 Å². The lowest BCUT2D eigenvalue weighted by atomic mass is 10.2. The quantitative estimate of drug-likeness (QED) is 0.771. The van der Waals surface area contributed by atoms with Gasteiger partial charge in [-0.1, -0.05) is 0 Å². The average molecular weight is 244 g/mol. The zero-order chi connectivity index (χ0) is 13.0. The Morgan fingerprint density at radius 1 is 1.28 bits per heavy atom. The van der Waals surface area contributed by atoms with E-state index in [1.807, 2.05) is 0 Å². The largest absolute Gasteiger partial charge is 0.399 e. The fraction of sp³-hybridized carbons (Fsp3) is 0.0833. The summed E-state index contributed by atoms with van der Waals surface area (Å²) in [6, 6.07) is 8.10. The van der Waals surface area contributed by atoms with E-state index in [4.69, 9.17) is 5.73 Å². The number of amides is 1. The highest BCUT2D eigenvalue weighted by atomic mass is 16.2. The number of aromatic nitrogens is 2. The molecule has 0 spiro atoms. The average Bonchev–Trinajstić information content (AvgIpc) is 2.90. The molecule has 1 aromatic carbocycles. The first-order valence-corrected chi connectivity index (χ1v) is 5.33. The highest BCUT2D eigenvalue weighted by Crippen LogP contribution is 2.04. The molecule has 18 heavy (non-hydrogen) atoms. The monoisotopic (exact) mass is 244 g/mol. The van der Waals surface area contributed by atoms with Gasteiger partial charge in [0.2, 0.25) is 0 Å². The van der Waals surface area contributed by atoms with E-state index in [0.29, 0.717) is 11.3 Å². The van der Waals surface area contributed by atoms with Crippen molar-refractivity contribution in [2.45, 2.75) is 0 Å². The summed E-state index contributed by atoms with van der Waals surface area (Å²) in [5.74, 6) is -0.626. The minimum atomic E-state index is -0.324. The maximum Gasteiger partial charge on any atom is 0.266 e. The van der Waals surface area contributed by atoms with Crippen LogP contribution in [0.5, 0.6) is 0 Å². The number of rotatable bonds is 3. The number of hydrogen-bond acceptors (Lipinski definition) is 4. The number of nitrogen functional groups attached to an aromatic ring is 1. The van der Waals surface area contributed by atoms with Crippen LogP contribution in [0, 0.1) is 0 Å². The van der Waals surface area contributed by atoms with Crippen LogP contribution in [0.4, 0.5) is 5.69 Å². The second-order valence-electron chi connectivity index (χ2n) is 3.65. The van der Waals surface area contributed by atoms with E-state index in [0.717, 1.165) is 0 Å². The number of nitrogens with two attached hydrogens (primary N) is 1. The van der Waals surface area contributed by atoms with Crippen molar-refractivity contribution >= 4 is 17.5 Å². The molecule has 2 rings (SSSR count). The van der Waals surface area contributed by atoms with Crippen LogP contribution in [-0.2, 0) is 0 Å². The van der Waals surface area contributed by atoms with Crippen LogP contribution in [0.3, 0.4) is 0 Å². The molecule has 1 aromatic heterocycles. The van der Waals surface area contributed by atoms with E-state index >= 15 is 0 Å². The van der Waals surface area contributed by atoms with Gasteiger partial charge in [0.1, 0.15) is 0 Å². The van der Waals surface area contributed by atoms with Crippen molar-refractivity contribution in [1.29, 1.82) is 0 Å². The Kier molecular flexibility index (Phi) is 3.38. The Morgan fingerprint density at radius 3 is 2.61 bits per heavy atom. The molecule has 92 valence electrons. The molecule has 0 bridgehead atoms. The summed E-state index contributed by atoms with van der Waals surface area (Å²) in [6.07, 6.45) is 3.03. The fourth-order valence-corrected chi connectivity index (χ4v) is 1.39. The first-order chi connectivity index (χ1) is 8.66. The lowest BCUT2D eigenvalue weighted by Gasteiger charge is -2.04. The number of hydrogen-bond donors (Lipinski definition) is 2. The van der Waals surface area contributed by atoms with E-state index in [2.05, 4.69) is 10.4 Å². The molecule has 1 heterocycles. The van der Waals surface area contributed by atoms with E-state index < -0.39 is 0 Å². The second-order valence-corrected chi connectivity index (χ2v) is 3.65. The molecule has 2 aromatic rings. The summed E-state index contributed by atoms with van der Waals surface area (Å²) in [7, 11) is 0. The minimum absolute atomic E-state index is 0.106. The summed E-state index contributed by atoms with van der Waals surface area (Å²) in [4.78, 5) is 23.3. The van der Waals surface area contributed by atoms with Gasteiger partial charge in [-0.25, -0.2) is 4.68 Å². The molecule has 6 heteroatoms. The van der Waals surface area contributed by atoms with Crippen molar-refractivity contribution in [3.8, 4) is 0 Å². The third-order valence-electron chi connectivity index (χ3n) is 2.33. The summed E-state index contributed by atoms with van der Waals surface area (Å²) in [5, 5.41) is 6.29. The SMILES string of the molecule is Nc1ccc(C(=O)NCC(=O)n2cccn2)cc1. The Balaban J connectivity index is 1.92. The van der Waals surface area contributed by atoms with Gasteiger partial charge in [0, 0.05) is 23.6 Å². The molecule has 0 unspecified atom stereocenters. The molecule has 0 fully saturated rings. The lowest BCUT2D eigenvalue weighted by molar-refractivity contribution is 0.0850. The van der Waals surface area contributed by atoms with Gasteiger partial charge in [-0.2, -0.15) is 5.10 Å². The molecule has 0 aliphatic heterocycles. The van der Waals surface area contributed by atoms with Crippen molar-refractivity contribution in [3.63, 3.8) is 0 Å². The second kappa shape index (κ2) is 5.13. The van der Waals surface area contributed by atoms with Gasteiger partial charge < -0.3 is 11.1 Å². The molecule has 6 nitrogen and oxygen atoms in total. The van der Waals surface area contributed by atoms with Crippen molar-refractivity contribution < 1.29 is 9.59 Å². The molecule has 0 atom stereocenters. The highest BCUT2D eigenvalue weighted by Gasteiger charge is 2.09. The van der Waals surface area contributed by atoms with Gasteiger partial charge in [0.25, 0.3) is 11.8 Å². The maximum atomic E-state index is 11.7. The van der Waals surface area contributed by atoms with Crippen LogP contribution < -0.4 is 11.1 Å². The fourth-order valence-electron chi connectivity index (χ4n) is 1.39. The highest BCUT2D eigenvalue weighted by molar-refractivity contribution is 5.96. The van der Waals surface area contributed by atoms with Crippen LogP contribution in [0.15, 0.2) is 42.7 Å². The van der Waals surface area contributed by atoms with Gasteiger partial charge in [-0.15, -0.1) is 0 Å². The Bertz CT molecular complexity index is 546. The summed E-state index contributed by atoms with van der Waals surface area (Å²) in [6.45, 7) is -0.106. The van der Waals surface area contributed by atoms with E-state index in [1.54, 1.807) is 30.3 Å². The first kappa shape index (κ1) is 11.8. The zero-order valence-corrected chi connectivity index (χ0v) is 9.54. The van der Waals surface area contributed by atoms with Crippen molar-refractivity contribution in [1.82, 2.24) is 15.1 Å². The first-order valence-electron chi connectivity index (χ1n) is 5.33. The lowest BCUT2D eigenvalue weighted by Crippen LogP contribution is -2.32. The van der Waals surface area contributed by atoms with Gasteiger partial charge >= 0.3 is 0 Å². The molecule has 0 saturated heterocycles. The van der Waals surface area contributed by atoms with Crippen molar-refractivity contribution in [2.75, 3.05) is 12.3 Å². The molecule has 0 aliphatic rings. The Morgan fingerprint density at radius 2 is 2.00 bits per heavy atom. The van der Waals surface area contributed by atoms with Crippen LogP contribution >= 0.6 is 0 Å². The number of carbonyl (C=O) groups excluding carboxylic acids is 2. The third-order valence-corrected chi connectivity index (χ3v) is 2.33. The number of benzene rings is 1. The molecule has 1 amide bonds. The van der Waals surface area contributed by atoms with Crippen LogP contribution in [-0.4, -0.2) is 28.1 Å². The molecule has 3 N–H and O–H groups in total. The van der Waals surface area contributed by atoms with E-state index in [9.17, 15) is 9.59 Å². The Labute approximate surface area is 103 Å². The van der Waals surface area contributed by atoms with Gasteiger partial charge in [-0.3, -0.25) is 9.59 Å².